The lowest BCUT2D eigenvalue weighted by Crippen LogP contribution is -2.38. The first-order chi connectivity index (χ1) is 12.9. The van der Waals surface area contributed by atoms with Crippen molar-refractivity contribution in [2.75, 3.05) is 0 Å². The minimum atomic E-state index is -4.51. The first-order valence-corrected chi connectivity index (χ1v) is 8.45. The van der Waals surface area contributed by atoms with Gasteiger partial charge in [-0.25, -0.2) is 4.68 Å². The van der Waals surface area contributed by atoms with Crippen molar-refractivity contribution in [2.45, 2.75) is 31.5 Å². The number of carbonyl (C=O) groups excluding carboxylic acids is 1. The highest BCUT2D eigenvalue weighted by Crippen LogP contribution is 2.28. The highest BCUT2D eigenvalue weighted by Gasteiger charge is 2.33. The average Bonchev–Trinajstić information content (AvgIpc) is 3.30. The summed E-state index contributed by atoms with van der Waals surface area (Å²) in [7, 11) is 0. The summed E-state index contributed by atoms with van der Waals surface area (Å²) >= 11 is 0. The number of aromatic nitrogens is 4. The second-order valence-corrected chi connectivity index (χ2v) is 6.48. The SMILES string of the molecule is O=C(NC1CCc2[nH]ncc2C1)c1cccc(-n2ccc(C(F)(F)F)n2)c1. The predicted molar refractivity (Wildman–Crippen MR) is 90.4 cm³/mol. The molecule has 2 N–H and O–H groups in total. The van der Waals surface area contributed by atoms with Crippen molar-refractivity contribution < 1.29 is 18.0 Å². The number of hydrogen-bond acceptors (Lipinski definition) is 3. The number of aryl methyl sites for hydroxylation is 1. The topological polar surface area (TPSA) is 75.6 Å². The number of rotatable bonds is 3. The fourth-order valence-electron chi connectivity index (χ4n) is 3.22. The van der Waals surface area contributed by atoms with E-state index in [1.165, 1.54) is 12.3 Å². The standard InChI is InChI=1S/C18H16F3N5O/c19-18(20,21)16-6-7-26(25-16)14-3-1-2-11(9-14)17(27)23-13-4-5-15-12(8-13)10-22-24-15/h1-3,6-7,9-10,13H,4-5,8H2,(H,22,24)(H,23,27). The quantitative estimate of drug-likeness (QED) is 0.739. The third kappa shape index (κ3) is 3.57. The molecule has 2 heterocycles. The maximum Gasteiger partial charge on any atom is 0.435 e. The number of carbonyl (C=O) groups is 1. The van der Waals surface area contributed by atoms with Gasteiger partial charge in [0.25, 0.3) is 5.91 Å². The van der Waals surface area contributed by atoms with Gasteiger partial charge in [0.2, 0.25) is 0 Å². The maximum absolute atomic E-state index is 12.7. The number of aromatic amines is 1. The smallest absolute Gasteiger partial charge is 0.349 e. The molecule has 0 aliphatic heterocycles. The Morgan fingerprint density at radius 3 is 2.93 bits per heavy atom. The van der Waals surface area contributed by atoms with Crippen LogP contribution in [0.4, 0.5) is 13.2 Å². The molecule has 0 saturated heterocycles. The van der Waals surface area contributed by atoms with Gasteiger partial charge in [-0.05, 0) is 49.1 Å². The Hall–Kier alpha value is -3.10. The molecule has 6 nitrogen and oxygen atoms in total. The van der Waals surface area contributed by atoms with Gasteiger partial charge in [-0.15, -0.1) is 0 Å². The summed E-state index contributed by atoms with van der Waals surface area (Å²) in [4.78, 5) is 12.6. The Kier molecular flexibility index (Phi) is 4.21. The van der Waals surface area contributed by atoms with E-state index >= 15 is 0 Å². The third-order valence-electron chi connectivity index (χ3n) is 4.60. The van der Waals surface area contributed by atoms with Crippen LogP contribution in [0.2, 0.25) is 0 Å². The summed E-state index contributed by atoms with van der Waals surface area (Å²) in [6.45, 7) is 0. The molecular weight excluding hydrogens is 359 g/mol. The monoisotopic (exact) mass is 375 g/mol. The zero-order chi connectivity index (χ0) is 19.0. The van der Waals surface area contributed by atoms with Gasteiger partial charge >= 0.3 is 6.18 Å². The lowest BCUT2D eigenvalue weighted by atomic mass is 9.93. The molecule has 9 heteroatoms. The summed E-state index contributed by atoms with van der Waals surface area (Å²) < 4.78 is 39.3. The first-order valence-electron chi connectivity index (χ1n) is 8.45. The van der Waals surface area contributed by atoms with Crippen molar-refractivity contribution in [3.63, 3.8) is 0 Å². The van der Waals surface area contributed by atoms with Crippen LogP contribution in [0.25, 0.3) is 5.69 Å². The largest absolute Gasteiger partial charge is 0.435 e. The predicted octanol–water partition coefficient (Wildman–Crippen LogP) is 2.90. The Morgan fingerprint density at radius 1 is 1.30 bits per heavy atom. The summed E-state index contributed by atoms with van der Waals surface area (Å²) in [5, 5.41) is 13.5. The lowest BCUT2D eigenvalue weighted by molar-refractivity contribution is -0.141. The molecule has 0 fully saturated rings. The summed E-state index contributed by atoms with van der Waals surface area (Å²) in [5.74, 6) is -0.267. The van der Waals surface area contributed by atoms with Gasteiger partial charge in [0.1, 0.15) is 0 Å². The Labute approximate surface area is 152 Å². The first kappa shape index (κ1) is 17.3. The molecule has 140 valence electrons. The van der Waals surface area contributed by atoms with Gasteiger partial charge in [-0.1, -0.05) is 6.07 Å². The van der Waals surface area contributed by atoms with Crippen LogP contribution in [0, 0.1) is 0 Å². The van der Waals surface area contributed by atoms with E-state index in [-0.39, 0.29) is 11.9 Å². The van der Waals surface area contributed by atoms with E-state index in [0.717, 1.165) is 34.8 Å². The molecule has 1 aromatic carbocycles. The number of alkyl halides is 3. The van der Waals surface area contributed by atoms with Gasteiger partial charge in [0.15, 0.2) is 5.69 Å². The number of benzene rings is 1. The fraction of sp³-hybridized carbons (Fsp3) is 0.278. The second kappa shape index (κ2) is 6.57. The third-order valence-corrected chi connectivity index (χ3v) is 4.60. The van der Waals surface area contributed by atoms with Crippen molar-refractivity contribution in [1.82, 2.24) is 25.3 Å². The molecule has 1 aliphatic carbocycles. The van der Waals surface area contributed by atoms with Crippen molar-refractivity contribution >= 4 is 5.91 Å². The van der Waals surface area contributed by atoms with E-state index in [1.54, 1.807) is 24.4 Å². The van der Waals surface area contributed by atoms with Gasteiger partial charge < -0.3 is 5.32 Å². The van der Waals surface area contributed by atoms with Crippen molar-refractivity contribution in [3.05, 3.63) is 65.2 Å². The number of nitrogens with zero attached hydrogens (tertiary/aromatic N) is 3. The highest BCUT2D eigenvalue weighted by atomic mass is 19.4. The fourth-order valence-corrected chi connectivity index (χ4v) is 3.22. The number of fused-ring (bicyclic) bond motifs is 1. The number of H-pyrrole nitrogens is 1. The van der Waals surface area contributed by atoms with Gasteiger partial charge in [0.05, 0.1) is 11.9 Å². The van der Waals surface area contributed by atoms with Crippen LogP contribution in [-0.4, -0.2) is 31.9 Å². The molecule has 27 heavy (non-hydrogen) atoms. The van der Waals surface area contributed by atoms with Crippen LogP contribution < -0.4 is 5.32 Å². The van der Waals surface area contributed by atoms with E-state index < -0.39 is 11.9 Å². The molecule has 1 atom stereocenters. The second-order valence-electron chi connectivity index (χ2n) is 6.48. The zero-order valence-electron chi connectivity index (χ0n) is 14.1. The molecular formula is C18H16F3N5O. The number of halogens is 3. The molecule has 1 amide bonds. The normalized spacial score (nSPS) is 16.8. The van der Waals surface area contributed by atoms with Crippen LogP contribution in [0.5, 0.6) is 0 Å². The van der Waals surface area contributed by atoms with E-state index in [1.807, 2.05) is 0 Å². The minimum absolute atomic E-state index is 0.00667. The van der Waals surface area contributed by atoms with Crippen LogP contribution in [0.15, 0.2) is 42.7 Å². The zero-order valence-corrected chi connectivity index (χ0v) is 14.1. The lowest BCUT2D eigenvalue weighted by Gasteiger charge is -2.23. The summed E-state index contributed by atoms with van der Waals surface area (Å²) in [5.41, 5.74) is 1.97. The van der Waals surface area contributed by atoms with Crippen LogP contribution in [-0.2, 0) is 19.0 Å². The van der Waals surface area contributed by atoms with Crippen LogP contribution in [0.1, 0.15) is 33.7 Å². The molecule has 0 spiro atoms. The summed E-state index contributed by atoms with van der Waals surface area (Å²) in [6.07, 6.45) is 0.798. The maximum atomic E-state index is 12.7. The molecule has 0 bridgehead atoms. The van der Waals surface area contributed by atoms with E-state index in [0.29, 0.717) is 17.7 Å². The molecule has 0 saturated carbocycles. The van der Waals surface area contributed by atoms with E-state index in [2.05, 4.69) is 20.6 Å². The Morgan fingerprint density at radius 2 is 2.15 bits per heavy atom. The van der Waals surface area contributed by atoms with E-state index in [9.17, 15) is 18.0 Å². The molecule has 1 aliphatic rings. The van der Waals surface area contributed by atoms with Crippen LogP contribution >= 0.6 is 0 Å². The Bertz CT molecular complexity index is 975. The number of nitrogens with one attached hydrogen (secondary N) is 2. The molecule has 4 rings (SSSR count). The van der Waals surface area contributed by atoms with Crippen molar-refractivity contribution in [3.8, 4) is 5.69 Å². The number of hydrogen-bond donors (Lipinski definition) is 2. The van der Waals surface area contributed by atoms with Crippen LogP contribution in [0.3, 0.4) is 0 Å². The highest BCUT2D eigenvalue weighted by molar-refractivity contribution is 5.95. The summed E-state index contributed by atoms with van der Waals surface area (Å²) in [6, 6.07) is 7.26. The number of amides is 1. The van der Waals surface area contributed by atoms with Gasteiger partial charge in [0, 0.05) is 23.5 Å². The molecule has 3 aromatic rings. The van der Waals surface area contributed by atoms with Crippen molar-refractivity contribution in [1.29, 1.82) is 0 Å². The van der Waals surface area contributed by atoms with E-state index in [4.69, 9.17) is 0 Å². The van der Waals surface area contributed by atoms with Crippen molar-refractivity contribution in [2.24, 2.45) is 0 Å². The minimum Gasteiger partial charge on any atom is -0.349 e. The van der Waals surface area contributed by atoms with Gasteiger partial charge in [-0.2, -0.15) is 23.4 Å². The Balaban J connectivity index is 1.49. The molecule has 1 unspecified atom stereocenters. The molecule has 2 aromatic heterocycles. The average molecular weight is 375 g/mol. The molecule has 0 radical (unpaired) electrons. The van der Waals surface area contributed by atoms with Gasteiger partial charge in [-0.3, -0.25) is 9.89 Å².